The smallest absolute Gasteiger partial charge is 0.136 e. The average Bonchev–Trinajstić information content (AvgIpc) is 2.47. The van der Waals surface area contributed by atoms with Gasteiger partial charge in [0, 0.05) is 5.92 Å². The van der Waals surface area contributed by atoms with E-state index >= 15 is 0 Å². The van der Waals surface area contributed by atoms with E-state index in [0.29, 0.717) is 0 Å². The minimum absolute atomic E-state index is 0.0109. The second-order valence-corrected chi connectivity index (χ2v) is 4.01. The number of fused-ring (bicyclic) bond motifs is 1. The van der Waals surface area contributed by atoms with Crippen molar-refractivity contribution in [2.75, 3.05) is 0 Å². The molecule has 0 N–H and O–H groups in total. The fourth-order valence-electron chi connectivity index (χ4n) is 2.27. The number of carbonyl (C=O) groups excluding carboxylic acids is 1. The summed E-state index contributed by atoms with van der Waals surface area (Å²) in [7, 11) is 0. The SMILES string of the molecule is O=C([O-])C1=NO[C@H]2CCCCCC[C@H]12. The first kappa shape index (κ1) is 9.49. The molecule has 0 radical (unpaired) electrons. The Balaban J connectivity index is 2.07. The van der Waals surface area contributed by atoms with Crippen LogP contribution in [-0.4, -0.2) is 17.8 Å². The van der Waals surface area contributed by atoms with E-state index in [1.165, 1.54) is 12.8 Å². The van der Waals surface area contributed by atoms with Crippen molar-refractivity contribution < 1.29 is 14.7 Å². The second kappa shape index (κ2) is 3.98. The van der Waals surface area contributed by atoms with E-state index in [0.717, 1.165) is 25.7 Å². The zero-order valence-electron chi connectivity index (χ0n) is 8.07. The Morgan fingerprint density at radius 1 is 1.29 bits per heavy atom. The summed E-state index contributed by atoms with van der Waals surface area (Å²) in [6.07, 6.45) is 6.36. The molecule has 1 aliphatic heterocycles. The van der Waals surface area contributed by atoms with Gasteiger partial charge in [0.2, 0.25) is 0 Å². The van der Waals surface area contributed by atoms with Gasteiger partial charge in [0.25, 0.3) is 0 Å². The minimum atomic E-state index is -1.17. The molecule has 2 rings (SSSR count). The summed E-state index contributed by atoms with van der Waals surface area (Å²) < 4.78 is 0. The van der Waals surface area contributed by atoms with Crippen LogP contribution in [0.25, 0.3) is 0 Å². The highest BCUT2D eigenvalue weighted by Crippen LogP contribution is 2.30. The standard InChI is InChI=1S/C10H15NO3/c12-10(13)9-7-5-3-1-2-4-6-8(7)14-11-9/h7-8H,1-6H2,(H,12,13)/p-1/t7-,8-/m0/s1. The van der Waals surface area contributed by atoms with Crippen molar-refractivity contribution in [2.24, 2.45) is 11.1 Å². The Kier molecular flexibility index (Phi) is 2.70. The summed E-state index contributed by atoms with van der Waals surface area (Å²) in [5.41, 5.74) is 0.122. The number of carboxylic acids is 1. The molecule has 4 nitrogen and oxygen atoms in total. The number of rotatable bonds is 1. The molecule has 0 spiro atoms. The first-order chi connectivity index (χ1) is 6.79. The average molecular weight is 196 g/mol. The maximum absolute atomic E-state index is 10.7. The Bertz CT molecular complexity index is 262. The van der Waals surface area contributed by atoms with Crippen LogP contribution < -0.4 is 5.11 Å². The highest BCUT2D eigenvalue weighted by Gasteiger charge is 2.34. The molecular weight excluding hydrogens is 182 g/mol. The maximum Gasteiger partial charge on any atom is 0.136 e. The molecule has 1 aliphatic carbocycles. The predicted molar refractivity (Wildman–Crippen MR) is 48.5 cm³/mol. The highest BCUT2D eigenvalue weighted by atomic mass is 16.6. The molecule has 4 heteroatoms. The topological polar surface area (TPSA) is 61.7 Å². The molecule has 0 aromatic rings. The quantitative estimate of drug-likeness (QED) is 0.612. The minimum Gasteiger partial charge on any atom is -0.543 e. The number of oxime groups is 1. The fourth-order valence-corrected chi connectivity index (χ4v) is 2.27. The van der Waals surface area contributed by atoms with E-state index in [1.54, 1.807) is 0 Å². The fraction of sp³-hybridized carbons (Fsp3) is 0.800. The molecule has 78 valence electrons. The number of nitrogens with zero attached hydrogens (tertiary/aromatic N) is 1. The molecule has 1 heterocycles. The Morgan fingerprint density at radius 3 is 2.71 bits per heavy atom. The third-order valence-corrected chi connectivity index (χ3v) is 3.05. The molecule has 2 atom stereocenters. The monoisotopic (exact) mass is 196 g/mol. The lowest BCUT2D eigenvalue weighted by Crippen LogP contribution is -2.38. The number of hydrogen-bond acceptors (Lipinski definition) is 4. The van der Waals surface area contributed by atoms with Crippen LogP contribution in [0.2, 0.25) is 0 Å². The summed E-state index contributed by atoms with van der Waals surface area (Å²) in [5.74, 6) is -1.20. The van der Waals surface area contributed by atoms with Gasteiger partial charge in [-0.3, -0.25) is 0 Å². The Hall–Kier alpha value is -1.06. The van der Waals surface area contributed by atoms with Gasteiger partial charge in [-0.15, -0.1) is 0 Å². The zero-order valence-corrected chi connectivity index (χ0v) is 8.07. The highest BCUT2D eigenvalue weighted by molar-refractivity contribution is 6.35. The lowest BCUT2D eigenvalue weighted by atomic mass is 9.86. The van der Waals surface area contributed by atoms with Crippen LogP contribution in [0.1, 0.15) is 38.5 Å². The van der Waals surface area contributed by atoms with E-state index < -0.39 is 5.97 Å². The lowest BCUT2D eigenvalue weighted by Gasteiger charge is -2.21. The summed E-state index contributed by atoms with van der Waals surface area (Å²) in [4.78, 5) is 15.9. The van der Waals surface area contributed by atoms with Gasteiger partial charge in [0.1, 0.15) is 11.8 Å². The molecule has 0 amide bonds. The van der Waals surface area contributed by atoms with E-state index in [1.807, 2.05) is 0 Å². The van der Waals surface area contributed by atoms with Crippen molar-refractivity contribution in [3.05, 3.63) is 0 Å². The van der Waals surface area contributed by atoms with Crippen LogP contribution in [0.4, 0.5) is 0 Å². The van der Waals surface area contributed by atoms with Gasteiger partial charge in [-0.05, 0) is 19.3 Å². The molecule has 0 bridgehead atoms. The van der Waals surface area contributed by atoms with Gasteiger partial charge in [0.05, 0.1) is 5.97 Å². The Morgan fingerprint density at radius 2 is 2.00 bits per heavy atom. The molecule has 0 aromatic heterocycles. The zero-order chi connectivity index (χ0) is 9.97. The maximum atomic E-state index is 10.7. The Labute approximate surface area is 82.9 Å². The molecule has 0 aromatic carbocycles. The predicted octanol–water partition coefficient (Wildman–Crippen LogP) is 0.461. The summed E-state index contributed by atoms with van der Waals surface area (Å²) >= 11 is 0. The van der Waals surface area contributed by atoms with Gasteiger partial charge in [-0.2, -0.15) is 0 Å². The van der Waals surface area contributed by atoms with Crippen molar-refractivity contribution in [1.82, 2.24) is 0 Å². The second-order valence-electron chi connectivity index (χ2n) is 4.01. The van der Waals surface area contributed by atoms with E-state index in [2.05, 4.69) is 5.16 Å². The number of hydrogen-bond donors (Lipinski definition) is 0. The van der Waals surface area contributed by atoms with Gasteiger partial charge < -0.3 is 14.7 Å². The first-order valence-electron chi connectivity index (χ1n) is 5.24. The van der Waals surface area contributed by atoms with Crippen LogP contribution in [0.3, 0.4) is 0 Å². The van der Waals surface area contributed by atoms with Crippen LogP contribution >= 0.6 is 0 Å². The van der Waals surface area contributed by atoms with E-state index in [-0.39, 0.29) is 17.7 Å². The molecular formula is C10H14NO3-. The third-order valence-electron chi connectivity index (χ3n) is 3.05. The van der Waals surface area contributed by atoms with Crippen molar-refractivity contribution in [3.63, 3.8) is 0 Å². The van der Waals surface area contributed by atoms with Gasteiger partial charge >= 0.3 is 0 Å². The van der Waals surface area contributed by atoms with Crippen molar-refractivity contribution in [2.45, 2.75) is 44.6 Å². The van der Waals surface area contributed by atoms with E-state index in [9.17, 15) is 9.90 Å². The van der Waals surface area contributed by atoms with Crippen molar-refractivity contribution in [3.8, 4) is 0 Å². The third kappa shape index (κ3) is 1.74. The van der Waals surface area contributed by atoms with Crippen molar-refractivity contribution in [1.29, 1.82) is 0 Å². The van der Waals surface area contributed by atoms with Crippen LogP contribution in [-0.2, 0) is 9.63 Å². The molecule has 1 fully saturated rings. The first-order valence-corrected chi connectivity index (χ1v) is 5.24. The van der Waals surface area contributed by atoms with E-state index in [4.69, 9.17) is 4.84 Å². The molecule has 14 heavy (non-hydrogen) atoms. The van der Waals surface area contributed by atoms with Gasteiger partial charge in [0.15, 0.2) is 0 Å². The molecule has 2 aliphatic rings. The molecule has 1 saturated carbocycles. The van der Waals surface area contributed by atoms with Crippen molar-refractivity contribution >= 4 is 11.7 Å². The van der Waals surface area contributed by atoms with Crippen LogP contribution in [0, 0.1) is 5.92 Å². The largest absolute Gasteiger partial charge is 0.543 e. The number of carboxylic acid groups (broad SMARTS) is 1. The summed E-state index contributed by atoms with van der Waals surface area (Å²) in [6, 6.07) is 0. The molecule has 0 unspecified atom stereocenters. The summed E-state index contributed by atoms with van der Waals surface area (Å²) in [6.45, 7) is 0. The number of carbonyl (C=O) groups is 1. The molecule has 0 saturated heterocycles. The van der Waals surface area contributed by atoms with Crippen LogP contribution in [0.15, 0.2) is 5.16 Å². The summed E-state index contributed by atoms with van der Waals surface area (Å²) in [5, 5.41) is 14.4. The number of aliphatic carboxylic acids is 1. The normalized spacial score (nSPS) is 32.1. The van der Waals surface area contributed by atoms with Gasteiger partial charge in [-0.1, -0.05) is 24.4 Å². The van der Waals surface area contributed by atoms with Crippen LogP contribution in [0.5, 0.6) is 0 Å². The lowest BCUT2D eigenvalue weighted by molar-refractivity contribution is -0.294. The van der Waals surface area contributed by atoms with Gasteiger partial charge in [-0.25, -0.2) is 0 Å².